The van der Waals surface area contributed by atoms with Crippen molar-refractivity contribution in [2.45, 2.75) is 31.2 Å². The van der Waals surface area contributed by atoms with Crippen molar-refractivity contribution in [3.8, 4) is 17.1 Å². The summed E-state index contributed by atoms with van der Waals surface area (Å²) in [5, 5.41) is 14.2. The second-order valence-corrected chi connectivity index (χ2v) is 9.46. The van der Waals surface area contributed by atoms with Crippen LogP contribution in [0.1, 0.15) is 20.8 Å². The summed E-state index contributed by atoms with van der Waals surface area (Å²) in [6.07, 6.45) is 3.33. The molecule has 1 unspecified atom stereocenters. The van der Waals surface area contributed by atoms with Gasteiger partial charge in [0.2, 0.25) is 5.91 Å². The zero-order chi connectivity index (χ0) is 23.3. The maximum Gasteiger partial charge on any atom is 0.321 e. The minimum absolute atomic E-state index is 0.276. The number of urea groups is 1. The van der Waals surface area contributed by atoms with Crippen molar-refractivity contribution in [2.75, 3.05) is 6.54 Å². The highest BCUT2D eigenvalue weighted by molar-refractivity contribution is 8.00. The molecule has 3 rings (SSSR count). The van der Waals surface area contributed by atoms with Gasteiger partial charge in [-0.15, -0.1) is 10.2 Å². The molecule has 3 aromatic rings. The maximum absolute atomic E-state index is 12.5. The molecule has 1 atom stereocenters. The van der Waals surface area contributed by atoms with Gasteiger partial charge in [0.25, 0.3) is 0 Å². The fourth-order valence-corrected chi connectivity index (χ4v) is 3.81. The molecule has 168 valence electrons. The molecular weight excluding hydrogens is 471 g/mol. The van der Waals surface area contributed by atoms with Gasteiger partial charge in [0.05, 0.1) is 21.0 Å². The van der Waals surface area contributed by atoms with Crippen molar-refractivity contribution in [1.82, 2.24) is 30.4 Å². The Morgan fingerprint density at radius 2 is 1.91 bits per heavy atom. The zero-order valence-corrected chi connectivity index (χ0v) is 20.0. The molecule has 1 aromatic carbocycles. The molecule has 2 N–H and O–H groups in total. The number of nitrogens with one attached hydrogen (secondary N) is 2. The van der Waals surface area contributed by atoms with Crippen LogP contribution in [0.25, 0.3) is 17.1 Å². The number of halogens is 2. The van der Waals surface area contributed by atoms with Crippen LogP contribution in [0.5, 0.6) is 0 Å². The first-order chi connectivity index (χ1) is 15.3. The molecule has 2 heterocycles. The third-order valence-electron chi connectivity index (χ3n) is 4.27. The Labute approximate surface area is 200 Å². The van der Waals surface area contributed by atoms with Crippen LogP contribution < -0.4 is 10.6 Å². The van der Waals surface area contributed by atoms with Gasteiger partial charge in [-0.2, -0.15) is 0 Å². The summed E-state index contributed by atoms with van der Waals surface area (Å²) in [4.78, 5) is 28.6. The molecule has 0 spiro atoms. The Balaban J connectivity index is 1.88. The largest absolute Gasteiger partial charge is 0.338 e. The molecule has 11 heteroatoms. The van der Waals surface area contributed by atoms with Crippen LogP contribution in [0.4, 0.5) is 4.79 Å². The minimum Gasteiger partial charge on any atom is -0.338 e. The van der Waals surface area contributed by atoms with Gasteiger partial charge in [-0.1, -0.05) is 48.8 Å². The molecule has 0 radical (unpaired) electrons. The van der Waals surface area contributed by atoms with Gasteiger partial charge in [-0.05, 0) is 43.2 Å². The smallest absolute Gasteiger partial charge is 0.321 e. The number of pyridine rings is 1. The monoisotopic (exact) mass is 492 g/mol. The number of thioether (sulfide) groups is 1. The topological polar surface area (TPSA) is 102 Å². The molecule has 2 aromatic heterocycles. The van der Waals surface area contributed by atoms with E-state index in [1.807, 2.05) is 19.9 Å². The number of aromatic nitrogens is 4. The Morgan fingerprint density at radius 3 is 2.56 bits per heavy atom. The van der Waals surface area contributed by atoms with E-state index in [9.17, 15) is 9.59 Å². The van der Waals surface area contributed by atoms with Crippen LogP contribution in [0.2, 0.25) is 10.0 Å². The van der Waals surface area contributed by atoms with Crippen molar-refractivity contribution in [3.63, 3.8) is 0 Å². The third kappa shape index (κ3) is 5.99. The van der Waals surface area contributed by atoms with E-state index in [1.54, 1.807) is 48.1 Å². The molecule has 0 fully saturated rings. The van der Waals surface area contributed by atoms with Crippen LogP contribution in [-0.2, 0) is 4.79 Å². The lowest BCUT2D eigenvalue weighted by Crippen LogP contribution is -2.43. The molecule has 0 aliphatic heterocycles. The van der Waals surface area contributed by atoms with E-state index in [0.29, 0.717) is 33.3 Å². The highest BCUT2D eigenvalue weighted by Gasteiger charge is 2.23. The SMILES string of the molecule is CC(C)CNC(=O)NC(=O)C(C)Sc1nnc(-c2cccnc2)n1-c1ccc(Cl)c(Cl)c1. The summed E-state index contributed by atoms with van der Waals surface area (Å²) in [6, 6.07) is 8.28. The standard InChI is InChI=1S/C21H22Cl2N6O2S/c1-12(2)10-25-20(31)26-19(30)13(3)32-21-28-27-18(14-5-4-8-24-11-14)29(21)15-6-7-16(22)17(23)9-15/h4-9,11-13H,10H2,1-3H3,(H2,25,26,30,31). The second kappa shape index (κ2) is 10.8. The lowest BCUT2D eigenvalue weighted by molar-refractivity contribution is -0.119. The highest BCUT2D eigenvalue weighted by Crippen LogP contribution is 2.32. The van der Waals surface area contributed by atoms with E-state index in [0.717, 1.165) is 5.56 Å². The molecule has 0 aliphatic carbocycles. The van der Waals surface area contributed by atoms with Crippen LogP contribution in [0, 0.1) is 5.92 Å². The van der Waals surface area contributed by atoms with Crippen molar-refractivity contribution >= 4 is 46.9 Å². The van der Waals surface area contributed by atoms with Crippen molar-refractivity contribution in [1.29, 1.82) is 0 Å². The van der Waals surface area contributed by atoms with Crippen LogP contribution in [-0.4, -0.2) is 43.5 Å². The third-order valence-corrected chi connectivity index (χ3v) is 6.06. The first-order valence-electron chi connectivity index (χ1n) is 9.83. The number of hydrogen-bond donors (Lipinski definition) is 2. The first kappa shape index (κ1) is 24.0. The number of carbonyl (C=O) groups excluding carboxylic acids is 2. The lowest BCUT2D eigenvalue weighted by atomic mass is 10.2. The summed E-state index contributed by atoms with van der Waals surface area (Å²) >= 11 is 13.5. The van der Waals surface area contributed by atoms with E-state index < -0.39 is 17.2 Å². The quantitative estimate of drug-likeness (QED) is 0.467. The fourth-order valence-electron chi connectivity index (χ4n) is 2.65. The number of nitrogens with zero attached hydrogens (tertiary/aromatic N) is 4. The van der Waals surface area contributed by atoms with E-state index >= 15 is 0 Å². The summed E-state index contributed by atoms with van der Waals surface area (Å²) < 4.78 is 1.77. The minimum atomic E-state index is -0.618. The molecule has 8 nitrogen and oxygen atoms in total. The van der Waals surface area contributed by atoms with Crippen molar-refractivity contribution < 1.29 is 9.59 Å². The second-order valence-electron chi connectivity index (χ2n) is 7.33. The molecule has 0 bridgehead atoms. The fraction of sp³-hybridized carbons (Fsp3) is 0.286. The van der Waals surface area contributed by atoms with Crippen LogP contribution in [0.15, 0.2) is 47.9 Å². The molecule has 0 saturated carbocycles. The zero-order valence-electron chi connectivity index (χ0n) is 17.7. The van der Waals surface area contributed by atoms with Gasteiger partial charge in [-0.3, -0.25) is 19.7 Å². The summed E-state index contributed by atoms with van der Waals surface area (Å²) in [7, 11) is 0. The van der Waals surface area contributed by atoms with E-state index in [1.165, 1.54) is 11.8 Å². The summed E-state index contributed by atoms with van der Waals surface area (Å²) in [5.41, 5.74) is 1.41. The number of rotatable bonds is 7. The Hall–Kier alpha value is -2.62. The first-order valence-corrected chi connectivity index (χ1v) is 11.5. The number of imide groups is 1. The normalized spacial score (nSPS) is 11.9. The van der Waals surface area contributed by atoms with Gasteiger partial charge >= 0.3 is 6.03 Å². The molecule has 0 saturated heterocycles. The predicted molar refractivity (Wildman–Crippen MR) is 126 cm³/mol. The number of hydrogen-bond acceptors (Lipinski definition) is 6. The van der Waals surface area contributed by atoms with Crippen LogP contribution in [0.3, 0.4) is 0 Å². The van der Waals surface area contributed by atoms with E-state index in [4.69, 9.17) is 23.2 Å². The van der Waals surface area contributed by atoms with Crippen LogP contribution >= 0.6 is 35.0 Å². The Kier molecular flexibility index (Phi) is 8.11. The van der Waals surface area contributed by atoms with Crippen molar-refractivity contribution in [2.24, 2.45) is 5.92 Å². The molecular formula is C21H22Cl2N6O2S. The van der Waals surface area contributed by atoms with Gasteiger partial charge in [0, 0.05) is 24.5 Å². The molecule has 32 heavy (non-hydrogen) atoms. The number of benzene rings is 1. The van der Waals surface area contributed by atoms with Gasteiger partial charge in [0.15, 0.2) is 11.0 Å². The van der Waals surface area contributed by atoms with Crippen molar-refractivity contribution in [3.05, 3.63) is 52.8 Å². The average molecular weight is 493 g/mol. The average Bonchev–Trinajstić information content (AvgIpc) is 3.18. The Morgan fingerprint density at radius 1 is 1.12 bits per heavy atom. The Bertz CT molecular complexity index is 1110. The lowest BCUT2D eigenvalue weighted by Gasteiger charge is -2.14. The molecule has 0 aliphatic rings. The van der Waals surface area contributed by atoms with E-state index in [-0.39, 0.29) is 5.92 Å². The van der Waals surface area contributed by atoms with Gasteiger partial charge in [0.1, 0.15) is 0 Å². The number of amides is 3. The molecule has 3 amide bonds. The van der Waals surface area contributed by atoms with E-state index in [2.05, 4.69) is 25.8 Å². The predicted octanol–water partition coefficient (Wildman–Crippen LogP) is 4.60. The number of carbonyl (C=O) groups is 2. The van der Waals surface area contributed by atoms with Gasteiger partial charge < -0.3 is 5.32 Å². The summed E-state index contributed by atoms with van der Waals surface area (Å²) in [6.45, 7) is 6.10. The summed E-state index contributed by atoms with van der Waals surface area (Å²) in [5.74, 6) is 0.363. The highest BCUT2D eigenvalue weighted by atomic mass is 35.5. The maximum atomic E-state index is 12.5. The van der Waals surface area contributed by atoms with Gasteiger partial charge in [-0.25, -0.2) is 4.79 Å².